The van der Waals surface area contributed by atoms with Gasteiger partial charge in [-0.15, -0.1) is 0 Å². The Morgan fingerprint density at radius 2 is 1.81 bits per heavy atom. The van der Waals surface area contributed by atoms with E-state index in [4.69, 9.17) is 23.2 Å². The van der Waals surface area contributed by atoms with Crippen molar-refractivity contribution in [2.45, 2.75) is 19.5 Å². The molecule has 0 bridgehead atoms. The highest BCUT2D eigenvalue weighted by molar-refractivity contribution is 6.42. The van der Waals surface area contributed by atoms with E-state index in [1.54, 1.807) is 6.07 Å². The fourth-order valence-corrected chi connectivity index (χ4v) is 3.91. The van der Waals surface area contributed by atoms with Crippen molar-refractivity contribution in [1.29, 1.82) is 0 Å². The van der Waals surface area contributed by atoms with Crippen molar-refractivity contribution in [2.24, 2.45) is 0 Å². The van der Waals surface area contributed by atoms with E-state index in [9.17, 15) is 4.79 Å². The number of hydrogen-bond donors (Lipinski definition) is 0. The van der Waals surface area contributed by atoms with Gasteiger partial charge in [-0.2, -0.15) is 0 Å². The Morgan fingerprint density at radius 1 is 1.00 bits per heavy atom. The molecule has 132 valence electrons. The SMILES string of the molecule is Cc1ccccc1C(=O)N1CCn2cccc2C1c1ccc(Cl)c(Cl)c1. The molecule has 0 saturated carbocycles. The molecule has 2 heterocycles. The zero-order valence-corrected chi connectivity index (χ0v) is 15.8. The predicted molar refractivity (Wildman–Crippen MR) is 105 cm³/mol. The van der Waals surface area contributed by atoms with Gasteiger partial charge in [-0.05, 0) is 48.4 Å². The van der Waals surface area contributed by atoms with Crippen molar-refractivity contribution >= 4 is 29.1 Å². The van der Waals surface area contributed by atoms with E-state index in [2.05, 4.69) is 16.8 Å². The molecule has 26 heavy (non-hydrogen) atoms. The second-order valence-electron chi connectivity index (χ2n) is 6.52. The lowest BCUT2D eigenvalue weighted by atomic mass is 9.98. The first kappa shape index (κ1) is 17.2. The van der Waals surface area contributed by atoms with E-state index >= 15 is 0 Å². The molecule has 0 spiro atoms. The Kier molecular flexibility index (Phi) is 4.51. The van der Waals surface area contributed by atoms with Crippen LogP contribution in [0.5, 0.6) is 0 Å². The molecule has 1 amide bonds. The van der Waals surface area contributed by atoms with Crippen LogP contribution in [0.1, 0.15) is 33.2 Å². The number of nitrogens with zero attached hydrogens (tertiary/aromatic N) is 2. The first-order chi connectivity index (χ1) is 12.6. The van der Waals surface area contributed by atoms with Gasteiger partial charge in [-0.1, -0.05) is 47.5 Å². The standard InChI is InChI=1S/C21H18Cl2N2O/c1-14-5-2-3-6-16(14)21(26)25-12-11-24-10-4-7-19(24)20(25)15-8-9-17(22)18(23)13-15/h2-10,13,20H,11-12H2,1H3. The van der Waals surface area contributed by atoms with E-state index in [1.807, 2.05) is 54.3 Å². The molecule has 1 unspecified atom stereocenters. The average molecular weight is 385 g/mol. The minimum atomic E-state index is -0.194. The van der Waals surface area contributed by atoms with Gasteiger partial charge in [0.05, 0.1) is 16.1 Å². The van der Waals surface area contributed by atoms with Crippen LogP contribution in [0, 0.1) is 6.92 Å². The number of fused-ring (bicyclic) bond motifs is 1. The van der Waals surface area contributed by atoms with Crippen LogP contribution in [-0.4, -0.2) is 21.9 Å². The summed E-state index contributed by atoms with van der Waals surface area (Å²) in [5, 5.41) is 1.01. The summed E-state index contributed by atoms with van der Waals surface area (Å²) in [5.41, 5.74) is 3.75. The fraction of sp³-hybridized carbons (Fsp3) is 0.190. The first-order valence-electron chi connectivity index (χ1n) is 8.53. The number of benzene rings is 2. The Morgan fingerprint density at radius 3 is 2.58 bits per heavy atom. The van der Waals surface area contributed by atoms with Crippen molar-refractivity contribution < 1.29 is 4.79 Å². The molecule has 1 atom stereocenters. The molecule has 5 heteroatoms. The number of aromatic nitrogens is 1. The number of halogens is 2. The van der Waals surface area contributed by atoms with E-state index in [0.717, 1.165) is 28.9 Å². The summed E-state index contributed by atoms with van der Waals surface area (Å²) in [5.74, 6) is 0.0339. The Bertz CT molecular complexity index is 980. The van der Waals surface area contributed by atoms with Crippen LogP contribution in [0.2, 0.25) is 10.0 Å². The lowest BCUT2D eigenvalue weighted by molar-refractivity contribution is 0.0663. The van der Waals surface area contributed by atoms with Crippen LogP contribution >= 0.6 is 23.2 Å². The summed E-state index contributed by atoms with van der Waals surface area (Å²) >= 11 is 12.4. The van der Waals surface area contributed by atoms with Gasteiger partial charge in [0.25, 0.3) is 5.91 Å². The number of carbonyl (C=O) groups excluding carboxylic acids is 1. The van der Waals surface area contributed by atoms with Crippen molar-refractivity contribution in [2.75, 3.05) is 6.54 Å². The molecule has 1 aliphatic rings. The number of hydrogen-bond acceptors (Lipinski definition) is 1. The lowest BCUT2D eigenvalue weighted by Crippen LogP contribution is -2.42. The third-order valence-corrected chi connectivity index (χ3v) is 5.67. The number of rotatable bonds is 2. The van der Waals surface area contributed by atoms with Crippen LogP contribution in [0.15, 0.2) is 60.8 Å². The van der Waals surface area contributed by atoms with Gasteiger partial charge < -0.3 is 9.47 Å². The van der Waals surface area contributed by atoms with Gasteiger partial charge >= 0.3 is 0 Å². The van der Waals surface area contributed by atoms with Crippen LogP contribution in [0.4, 0.5) is 0 Å². The molecule has 1 aromatic heterocycles. The summed E-state index contributed by atoms with van der Waals surface area (Å²) < 4.78 is 2.19. The largest absolute Gasteiger partial charge is 0.348 e. The number of aryl methyl sites for hydroxylation is 1. The molecule has 3 nitrogen and oxygen atoms in total. The third kappa shape index (κ3) is 2.91. The van der Waals surface area contributed by atoms with Crippen LogP contribution in [0.3, 0.4) is 0 Å². The first-order valence-corrected chi connectivity index (χ1v) is 9.28. The quantitative estimate of drug-likeness (QED) is 0.584. The minimum absolute atomic E-state index is 0.0339. The minimum Gasteiger partial charge on any atom is -0.348 e. The summed E-state index contributed by atoms with van der Waals surface area (Å²) in [6.45, 7) is 3.38. The summed E-state index contributed by atoms with van der Waals surface area (Å²) in [6, 6.07) is 17.2. The Labute approximate surface area is 162 Å². The fourth-order valence-electron chi connectivity index (χ4n) is 3.60. The van der Waals surface area contributed by atoms with Crippen molar-refractivity contribution in [3.8, 4) is 0 Å². The molecule has 3 aromatic rings. The molecule has 0 N–H and O–H groups in total. The maximum absolute atomic E-state index is 13.3. The maximum atomic E-state index is 13.3. The number of amides is 1. The highest BCUT2D eigenvalue weighted by atomic mass is 35.5. The molecule has 0 aliphatic carbocycles. The maximum Gasteiger partial charge on any atom is 0.255 e. The summed E-state index contributed by atoms with van der Waals surface area (Å²) in [4.78, 5) is 15.3. The molecule has 1 aliphatic heterocycles. The normalized spacial score (nSPS) is 16.4. The Balaban J connectivity index is 1.82. The van der Waals surface area contributed by atoms with E-state index in [-0.39, 0.29) is 11.9 Å². The highest BCUT2D eigenvalue weighted by Gasteiger charge is 2.33. The third-order valence-electron chi connectivity index (χ3n) is 4.93. The van der Waals surface area contributed by atoms with Gasteiger partial charge in [0.15, 0.2) is 0 Å². The van der Waals surface area contributed by atoms with Gasteiger partial charge in [-0.3, -0.25) is 4.79 Å². The van der Waals surface area contributed by atoms with Crippen LogP contribution in [0.25, 0.3) is 0 Å². The van der Waals surface area contributed by atoms with Gasteiger partial charge in [0, 0.05) is 30.5 Å². The van der Waals surface area contributed by atoms with Crippen molar-refractivity contribution in [3.63, 3.8) is 0 Å². The summed E-state index contributed by atoms with van der Waals surface area (Å²) in [7, 11) is 0. The van der Waals surface area contributed by atoms with Crippen LogP contribution in [-0.2, 0) is 6.54 Å². The van der Waals surface area contributed by atoms with Gasteiger partial charge in [-0.25, -0.2) is 0 Å². The second-order valence-corrected chi connectivity index (χ2v) is 7.33. The molecular formula is C21H18Cl2N2O. The molecular weight excluding hydrogens is 367 g/mol. The monoisotopic (exact) mass is 384 g/mol. The predicted octanol–water partition coefficient (Wildman–Crippen LogP) is 5.35. The average Bonchev–Trinajstić information content (AvgIpc) is 3.12. The van der Waals surface area contributed by atoms with Gasteiger partial charge in [0.1, 0.15) is 0 Å². The zero-order valence-electron chi connectivity index (χ0n) is 14.3. The smallest absolute Gasteiger partial charge is 0.255 e. The second kappa shape index (κ2) is 6.82. The van der Waals surface area contributed by atoms with Crippen molar-refractivity contribution in [1.82, 2.24) is 9.47 Å². The molecule has 2 aromatic carbocycles. The van der Waals surface area contributed by atoms with Gasteiger partial charge in [0.2, 0.25) is 0 Å². The topological polar surface area (TPSA) is 25.2 Å². The van der Waals surface area contributed by atoms with E-state index in [1.165, 1.54) is 0 Å². The highest BCUT2D eigenvalue weighted by Crippen LogP contribution is 2.36. The lowest BCUT2D eigenvalue weighted by Gasteiger charge is -2.37. The Hall–Kier alpha value is -2.23. The molecule has 0 fully saturated rings. The zero-order chi connectivity index (χ0) is 18.3. The van der Waals surface area contributed by atoms with Crippen molar-refractivity contribution in [3.05, 3.63) is 93.2 Å². The summed E-state index contributed by atoms with van der Waals surface area (Å²) in [6.07, 6.45) is 2.05. The number of carbonyl (C=O) groups is 1. The molecule has 4 rings (SSSR count). The molecule has 0 saturated heterocycles. The van der Waals surface area contributed by atoms with E-state index in [0.29, 0.717) is 16.6 Å². The molecule has 0 radical (unpaired) electrons. The van der Waals surface area contributed by atoms with E-state index < -0.39 is 0 Å². The van der Waals surface area contributed by atoms with Crippen LogP contribution < -0.4 is 0 Å².